The normalized spacial score (nSPS) is 16.1. The Bertz CT molecular complexity index is 415. The highest BCUT2D eigenvalue weighted by molar-refractivity contribution is 5.78. The Morgan fingerprint density at radius 3 is 2.68 bits per heavy atom. The molecule has 0 aliphatic heterocycles. The summed E-state index contributed by atoms with van der Waals surface area (Å²) >= 11 is 0. The molecule has 1 fully saturated rings. The lowest BCUT2D eigenvalue weighted by molar-refractivity contribution is -0.120. The molecule has 3 nitrogen and oxygen atoms in total. The third-order valence-electron chi connectivity index (χ3n) is 3.35. The van der Waals surface area contributed by atoms with Crippen molar-refractivity contribution in [1.82, 2.24) is 10.6 Å². The van der Waals surface area contributed by atoms with Crippen molar-refractivity contribution in [2.24, 2.45) is 5.92 Å². The van der Waals surface area contributed by atoms with Crippen molar-refractivity contribution in [1.29, 1.82) is 0 Å². The molecule has 1 amide bonds. The molecule has 1 unspecified atom stereocenters. The molecular formula is C15H21FN2O. The summed E-state index contributed by atoms with van der Waals surface area (Å²) in [5, 5.41) is 6.10. The molecule has 2 rings (SSSR count). The number of hydrogen-bond acceptors (Lipinski definition) is 2. The van der Waals surface area contributed by atoms with E-state index in [4.69, 9.17) is 0 Å². The predicted octanol–water partition coefficient (Wildman–Crippen LogP) is 1.87. The Morgan fingerprint density at radius 2 is 2.05 bits per heavy atom. The second-order valence-electron chi connectivity index (χ2n) is 5.36. The van der Waals surface area contributed by atoms with Gasteiger partial charge in [0.15, 0.2) is 0 Å². The first kappa shape index (κ1) is 14.0. The largest absolute Gasteiger partial charge is 0.355 e. The van der Waals surface area contributed by atoms with Gasteiger partial charge in [-0.05, 0) is 49.8 Å². The molecule has 1 aromatic carbocycles. The van der Waals surface area contributed by atoms with Gasteiger partial charge >= 0.3 is 0 Å². The summed E-state index contributed by atoms with van der Waals surface area (Å²) in [5.74, 6) is 0.544. The number of amides is 1. The van der Waals surface area contributed by atoms with Gasteiger partial charge in [0.25, 0.3) is 0 Å². The van der Waals surface area contributed by atoms with E-state index in [1.54, 1.807) is 12.1 Å². The van der Waals surface area contributed by atoms with E-state index in [9.17, 15) is 9.18 Å². The molecule has 1 aliphatic carbocycles. The zero-order valence-electron chi connectivity index (χ0n) is 11.3. The van der Waals surface area contributed by atoms with Gasteiger partial charge in [-0.15, -0.1) is 0 Å². The number of benzene rings is 1. The number of rotatable bonds is 7. The molecule has 0 bridgehead atoms. The maximum Gasteiger partial charge on any atom is 0.233 e. The van der Waals surface area contributed by atoms with Crippen LogP contribution in [0.5, 0.6) is 0 Å². The van der Waals surface area contributed by atoms with E-state index in [-0.39, 0.29) is 17.8 Å². The molecule has 0 heterocycles. The number of nitrogens with one attached hydrogen (secondary N) is 2. The fraction of sp³-hybridized carbons (Fsp3) is 0.533. The highest BCUT2D eigenvalue weighted by Gasteiger charge is 2.21. The van der Waals surface area contributed by atoms with Crippen molar-refractivity contribution in [3.63, 3.8) is 0 Å². The third kappa shape index (κ3) is 5.39. The number of carbonyl (C=O) groups is 1. The van der Waals surface area contributed by atoms with Crippen LogP contribution in [0.3, 0.4) is 0 Å². The summed E-state index contributed by atoms with van der Waals surface area (Å²) in [6.07, 6.45) is 3.28. The smallest absolute Gasteiger partial charge is 0.233 e. The lowest BCUT2D eigenvalue weighted by Crippen LogP contribution is -2.39. The van der Waals surface area contributed by atoms with Gasteiger partial charge < -0.3 is 10.6 Å². The summed E-state index contributed by atoms with van der Waals surface area (Å²) in [5.41, 5.74) is 1.07. The van der Waals surface area contributed by atoms with Crippen molar-refractivity contribution in [3.8, 4) is 0 Å². The second-order valence-corrected chi connectivity index (χ2v) is 5.36. The van der Waals surface area contributed by atoms with Crippen molar-refractivity contribution >= 4 is 5.91 Å². The van der Waals surface area contributed by atoms with Crippen molar-refractivity contribution < 1.29 is 9.18 Å². The molecule has 4 heteroatoms. The molecule has 2 N–H and O–H groups in total. The third-order valence-corrected chi connectivity index (χ3v) is 3.35. The lowest BCUT2D eigenvalue weighted by Gasteiger charge is -2.13. The molecule has 0 spiro atoms. The molecule has 1 saturated carbocycles. The molecular weight excluding hydrogens is 243 g/mol. The van der Waals surface area contributed by atoms with Crippen LogP contribution in [0.4, 0.5) is 4.39 Å². The summed E-state index contributed by atoms with van der Waals surface area (Å²) in [6.45, 7) is 3.18. The molecule has 1 aromatic rings. The molecule has 104 valence electrons. The van der Waals surface area contributed by atoms with Crippen LogP contribution >= 0.6 is 0 Å². The molecule has 0 radical (unpaired) electrons. The van der Waals surface area contributed by atoms with Crippen LogP contribution in [0.2, 0.25) is 0 Å². The van der Waals surface area contributed by atoms with Crippen LogP contribution in [0.25, 0.3) is 0 Å². The Labute approximate surface area is 113 Å². The fourth-order valence-electron chi connectivity index (χ4n) is 1.96. The highest BCUT2D eigenvalue weighted by atomic mass is 19.1. The molecule has 0 aromatic heterocycles. The Morgan fingerprint density at radius 1 is 1.37 bits per heavy atom. The first-order valence-corrected chi connectivity index (χ1v) is 6.88. The number of carbonyl (C=O) groups excluding carboxylic acids is 1. The van der Waals surface area contributed by atoms with Crippen LogP contribution in [-0.2, 0) is 11.2 Å². The Hall–Kier alpha value is -1.42. The summed E-state index contributed by atoms with van der Waals surface area (Å²) in [6, 6.07) is 6.67. The van der Waals surface area contributed by atoms with Gasteiger partial charge in [-0.3, -0.25) is 4.79 Å². The minimum atomic E-state index is -0.219. The van der Waals surface area contributed by atoms with E-state index in [2.05, 4.69) is 10.6 Å². The van der Waals surface area contributed by atoms with Gasteiger partial charge in [0.05, 0.1) is 6.54 Å². The average Bonchev–Trinajstić information content (AvgIpc) is 3.21. The topological polar surface area (TPSA) is 41.1 Å². The van der Waals surface area contributed by atoms with Gasteiger partial charge in [-0.2, -0.15) is 0 Å². The quantitative estimate of drug-likeness (QED) is 0.789. The molecule has 19 heavy (non-hydrogen) atoms. The first-order valence-electron chi connectivity index (χ1n) is 6.88. The Kier molecular flexibility index (Phi) is 4.91. The van der Waals surface area contributed by atoms with E-state index in [0.717, 1.165) is 18.5 Å². The summed E-state index contributed by atoms with van der Waals surface area (Å²) in [4.78, 5) is 11.6. The Balaban J connectivity index is 1.64. The van der Waals surface area contributed by atoms with E-state index >= 15 is 0 Å². The molecule has 1 atom stereocenters. The minimum Gasteiger partial charge on any atom is -0.355 e. The maximum absolute atomic E-state index is 12.8. The number of hydrogen-bond donors (Lipinski definition) is 2. The van der Waals surface area contributed by atoms with Gasteiger partial charge in [0, 0.05) is 12.6 Å². The maximum atomic E-state index is 12.8. The standard InChI is InChI=1S/C15H21FN2O/c1-11(8-12-4-6-14(16)7-5-12)17-10-15(19)18-9-13-2-3-13/h4-7,11,13,17H,2-3,8-10H2,1H3,(H,18,19). The zero-order valence-corrected chi connectivity index (χ0v) is 11.3. The summed E-state index contributed by atoms with van der Waals surface area (Å²) in [7, 11) is 0. The minimum absolute atomic E-state index is 0.0536. The van der Waals surface area contributed by atoms with E-state index in [0.29, 0.717) is 12.5 Å². The van der Waals surface area contributed by atoms with Crippen LogP contribution in [0.1, 0.15) is 25.3 Å². The van der Waals surface area contributed by atoms with Gasteiger partial charge in [0.2, 0.25) is 5.91 Å². The van der Waals surface area contributed by atoms with E-state index < -0.39 is 0 Å². The molecule has 0 saturated heterocycles. The van der Waals surface area contributed by atoms with Crippen LogP contribution in [0, 0.1) is 11.7 Å². The fourth-order valence-corrected chi connectivity index (χ4v) is 1.96. The van der Waals surface area contributed by atoms with Crippen molar-refractivity contribution in [2.45, 2.75) is 32.2 Å². The van der Waals surface area contributed by atoms with Crippen molar-refractivity contribution in [3.05, 3.63) is 35.6 Å². The average molecular weight is 264 g/mol. The van der Waals surface area contributed by atoms with Crippen molar-refractivity contribution in [2.75, 3.05) is 13.1 Å². The zero-order chi connectivity index (χ0) is 13.7. The van der Waals surface area contributed by atoms with Crippen LogP contribution in [0.15, 0.2) is 24.3 Å². The van der Waals surface area contributed by atoms with E-state index in [1.807, 2.05) is 6.92 Å². The van der Waals surface area contributed by atoms with Crippen LogP contribution < -0.4 is 10.6 Å². The predicted molar refractivity (Wildman–Crippen MR) is 73.3 cm³/mol. The molecule has 1 aliphatic rings. The lowest BCUT2D eigenvalue weighted by atomic mass is 10.1. The highest BCUT2D eigenvalue weighted by Crippen LogP contribution is 2.27. The number of halogens is 1. The van der Waals surface area contributed by atoms with Crippen LogP contribution in [-0.4, -0.2) is 25.0 Å². The first-order chi connectivity index (χ1) is 9.13. The van der Waals surface area contributed by atoms with Gasteiger partial charge in [-0.1, -0.05) is 12.1 Å². The SMILES string of the molecule is CC(Cc1ccc(F)cc1)NCC(=O)NCC1CC1. The summed E-state index contributed by atoms with van der Waals surface area (Å²) < 4.78 is 12.8. The van der Waals surface area contributed by atoms with Gasteiger partial charge in [0.1, 0.15) is 5.82 Å². The monoisotopic (exact) mass is 264 g/mol. The van der Waals surface area contributed by atoms with Gasteiger partial charge in [-0.25, -0.2) is 4.39 Å². The van der Waals surface area contributed by atoms with E-state index in [1.165, 1.54) is 25.0 Å². The second kappa shape index (κ2) is 6.66.